The molecular formula is C24H50NO3+. The number of quaternary nitrogens is 1. The molecule has 2 atom stereocenters. The Balaban J connectivity index is 3.56. The quantitative estimate of drug-likeness (QED) is 0.160. The molecule has 0 aliphatic heterocycles. The minimum absolute atomic E-state index is 0.120. The van der Waals surface area contributed by atoms with Crippen LogP contribution in [0, 0.1) is 0 Å². The molecular weight excluding hydrogens is 350 g/mol. The van der Waals surface area contributed by atoms with Crippen LogP contribution in [-0.4, -0.2) is 46.5 Å². The lowest BCUT2D eigenvalue weighted by atomic mass is 9.99. The number of ketones is 1. The molecule has 0 rings (SSSR count). The smallest absolute Gasteiger partial charge is 0.260 e. The number of nitrogens with zero attached hydrogens (tertiary/aromatic N) is 1. The van der Waals surface area contributed by atoms with Gasteiger partial charge in [-0.3, -0.25) is 9.28 Å². The van der Waals surface area contributed by atoms with Gasteiger partial charge in [0.2, 0.25) is 5.78 Å². The lowest BCUT2D eigenvalue weighted by Crippen LogP contribution is -2.66. The average Bonchev–Trinajstić information content (AvgIpc) is 2.64. The highest BCUT2D eigenvalue weighted by Gasteiger charge is 2.48. The number of carbonyl (C=O) groups excluding carboxylic acids is 1. The molecule has 0 aliphatic carbocycles. The van der Waals surface area contributed by atoms with Crippen LogP contribution < -0.4 is 0 Å². The van der Waals surface area contributed by atoms with E-state index in [1.165, 1.54) is 90.4 Å². The second-order valence-electron chi connectivity index (χ2n) is 9.32. The predicted molar refractivity (Wildman–Crippen MR) is 119 cm³/mol. The van der Waals surface area contributed by atoms with Gasteiger partial charge in [-0.05, 0) is 6.42 Å². The zero-order chi connectivity index (χ0) is 21.5. The molecule has 28 heavy (non-hydrogen) atoms. The van der Waals surface area contributed by atoms with E-state index in [2.05, 4.69) is 6.92 Å². The van der Waals surface area contributed by atoms with Crippen molar-refractivity contribution in [3.63, 3.8) is 0 Å². The van der Waals surface area contributed by atoms with Gasteiger partial charge in [-0.1, -0.05) is 96.8 Å². The molecule has 2 N–H and O–H groups in total. The number of likely N-dealkylation sites (N-methyl/N-ethyl adjacent to an activating group) is 1. The van der Waals surface area contributed by atoms with Crippen molar-refractivity contribution < 1.29 is 19.5 Å². The average molecular weight is 401 g/mol. The summed E-state index contributed by atoms with van der Waals surface area (Å²) >= 11 is 0. The minimum Gasteiger partial charge on any atom is -0.345 e. The van der Waals surface area contributed by atoms with Gasteiger partial charge in [-0.25, -0.2) is 0 Å². The fourth-order valence-corrected chi connectivity index (χ4v) is 3.58. The fraction of sp³-hybridized carbons (Fsp3) is 0.958. The molecule has 0 saturated carbocycles. The summed E-state index contributed by atoms with van der Waals surface area (Å²) in [5.74, 6) is -0.173. The summed E-state index contributed by atoms with van der Waals surface area (Å²) in [4.78, 5) is 12.4. The van der Waals surface area contributed by atoms with Crippen molar-refractivity contribution in [2.45, 2.75) is 135 Å². The van der Waals surface area contributed by atoms with Crippen molar-refractivity contribution in [2.75, 3.05) is 14.1 Å². The second kappa shape index (κ2) is 15.4. The number of hydrogen-bond acceptors (Lipinski definition) is 3. The van der Waals surface area contributed by atoms with E-state index in [9.17, 15) is 15.0 Å². The van der Waals surface area contributed by atoms with Crippen LogP contribution in [0.5, 0.6) is 0 Å². The van der Waals surface area contributed by atoms with Crippen LogP contribution in [0.1, 0.15) is 124 Å². The fourth-order valence-electron chi connectivity index (χ4n) is 3.58. The van der Waals surface area contributed by atoms with Crippen molar-refractivity contribution in [1.29, 1.82) is 0 Å². The summed E-state index contributed by atoms with van der Waals surface area (Å²) in [7, 11) is 3.38. The van der Waals surface area contributed by atoms with Crippen LogP contribution in [-0.2, 0) is 4.79 Å². The zero-order valence-electron chi connectivity index (χ0n) is 19.6. The first-order valence-corrected chi connectivity index (χ1v) is 12.0. The number of aliphatic hydroxyl groups excluding tert-OH is 1. The molecule has 0 aromatic heterocycles. The SMILES string of the molecule is CCCCCCCCCCCCCCCCCC(=O)C(C)(O)[N+](C)(C)C(C)O. The summed E-state index contributed by atoms with van der Waals surface area (Å²) in [6.07, 6.45) is 19.0. The van der Waals surface area contributed by atoms with Gasteiger partial charge < -0.3 is 10.2 Å². The van der Waals surface area contributed by atoms with Crippen molar-refractivity contribution in [2.24, 2.45) is 0 Å². The first kappa shape index (κ1) is 27.5. The van der Waals surface area contributed by atoms with Gasteiger partial charge in [0, 0.05) is 20.3 Å². The number of rotatable bonds is 19. The largest absolute Gasteiger partial charge is 0.345 e. The van der Waals surface area contributed by atoms with Crippen LogP contribution in [0.15, 0.2) is 0 Å². The predicted octanol–water partition coefficient (Wildman–Crippen LogP) is 5.94. The highest BCUT2D eigenvalue weighted by atomic mass is 16.4. The van der Waals surface area contributed by atoms with E-state index in [-0.39, 0.29) is 10.3 Å². The van der Waals surface area contributed by atoms with Crippen molar-refractivity contribution in [3.8, 4) is 0 Å². The molecule has 0 spiro atoms. The standard InChI is InChI=1S/C24H50NO3/c1-6-7-8-9-10-11-12-13-14-15-16-17-18-19-20-21-23(27)24(3,28)25(4,5)22(2)26/h22,26,28H,6-21H2,1-5H3/q+1. The van der Waals surface area contributed by atoms with Crippen molar-refractivity contribution in [1.82, 2.24) is 0 Å². The van der Waals surface area contributed by atoms with E-state index >= 15 is 0 Å². The Morgan fingerprint density at radius 2 is 1.11 bits per heavy atom. The zero-order valence-corrected chi connectivity index (χ0v) is 19.6. The Labute approximate surface area is 175 Å². The molecule has 168 valence electrons. The molecule has 0 aromatic carbocycles. The number of hydrogen-bond donors (Lipinski definition) is 2. The normalized spacial score (nSPS) is 15.4. The summed E-state index contributed by atoms with van der Waals surface area (Å²) in [5.41, 5.74) is -1.54. The highest BCUT2D eigenvalue weighted by molar-refractivity contribution is 5.84. The summed E-state index contributed by atoms with van der Waals surface area (Å²) in [6.45, 7) is 5.40. The van der Waals surface area contributed by atoms with E-state index in [1.807, 2.05) is 0 Å². The lowest BCUT2D eigenvalue weighted by molar-refractivity contribution is -0.991. The minimum atomic E-state index is -1.54. The van der Waals surface area contributed by atoms with Crippen LogP contribution in [0.2, 0.25) is 0 Å². The Bertz CT molecular complexity index is 391. The topological polar surface area (TPSA) is 57.5 Å². The molecule has 0 heterocycles. The van der Waals surface area contributed by atoms with E-state index in [0.29, 0.717) is 6.42 Å². The summed E-state index contributed by atoms with van der Waals surface area (Å²) in [6, 6.07) is 0. The Morgan fingerprint density at radius 1 is 0.786 bits per heavy atom. The molecule has 0 fully saturated rings. The Hall–Kier alpha value is -0.450. The van der Waals surface area contributed by atoms with Gasteiger partial charge in [-0.2, -0.15) is 0 Å². The van der Waals surface area contributed by atoms with Crippen LogP contribution in [0.25, 0.3) is 0 Å². The van der Waals surface area contributed by atoms with Crippen molar-refractivity contribution >= 4 is 5.78 Å². The lowest BCUT2D eigenvalue weighted by Gasteiger charge is -2.43. The van der Waals surface area contributed by atoms with E-state index in [1.54, 1.807) is 21.0 Å². The van der Waals surface area contributed by atoms with Gasteiger partial charge in [0.05, 0.1) is 14.1 Å². The Morgan fingerprint density at radius 3 is 1.43 bits per heavy atom. The maximum atomic E-state index is 12.4. The van der Waals surface area contributed by atoms with Gasteiger partial charge >= 0.3 is 0 Å². The molecule has 0 saturated heterocycles. The summed E-state index contributed by atoms with van der Waals surface area (Å²) < 4.78 is -0.120. The second-order valence-corrected chi connectivity index (χ2v) is 9.32. The third kappa shape index (κ3) is 10.9. The van der Waals surface area contributed by atoms with E-state index in [4.69, 9.17) is 0 Å². The molecule has 0 amide bonds. The molecule has 2 unspecified atom stereocenters. The first-order chi connectivity index (χ1) is 13.2. The number of unbranched alkanes of at least 4 members (excludes halogenated alkanes) is 14. The van der Waals surface area contributed by atoms with Gasteiger partial charge in [0.25, 0.3) is 5.72 Å². The molecule has 4 heteroatoms. The third-order valence-electron chi connectivity index (χ3n) is 6.59. The van der Waals surface area contributed by atoms with Crippen molar-refractivity contribution in [3.05, 3.63) is 0 Å². The maximum Gasteiger partial charge on any atom is 0.260 e. The molecule has 0 radical (unpaired) electrons. The van der Waals surface area contributed by atoms with Crippen LogP contribution in [0.4, 0.5) is 0 Å². The maximum absolute atomic E-state index is 12.4. The monoisotopic (exact) mass is 400 g/mol. The van der Waals surface area contributed by atoms with Crippen LogP contribution >= 0.6 is 0 Å². The summed E-state index contributed by atoms with van der Waals surface area (Å²) in [5, 5.41) is 20.4. The third-order valence-corrected chi connectivity index (χ3v) is 6.59. The van der Waals surface area contributed by atoms with E-state index < -0.39 is 12.0 Å². The first-order valence-electron chi connectivity index (χ1n) is 12.0. The molecule has 4 nitrogen and oxygen atoms in total. The van der Waals surface area contributed by atoms with Gasteiger partial charge in [-0.15, -0.1) is 0 Å². The number of Topliss-reactive ketones (excluding diaryl/α,β-unsaturated/α-hetero) is 1. The van der Waals surface area contributed by atoms with Gasteiger partial charge in [0.15, 0.2) is 6.23 Å². The highest BCUT2D eigenvalue weighted by Crippen LogP contribution is 2.24. The van der Waals surface area contributed by atoms with Gasteiger partial charge in [0.1, 0.15) is 0 Å². The number of aliphatic hydroxyl groups is 2. The number of carbonyl (C=O) groups is 1. The van der Waals surface area contributed by atoms with E-state index in [0.717, 1.165) is 12.8 Å². The van der Waals surface area contributed by atoms with Crippen LogP contribution in [0.3, 0.4) is 0 Å². The molecule has 0 aromatic rings. The molecule has 0 bridgehead atoms. The molecule has 0 aliphatic rings. The Kier molecular flexibility index (Phi) is 15.2.